The molecule has 252 valence electrons. The summed E-state index contributed by atoms with van der Waals surface area (Å²) in [4.78, 5) is 45.1. The van der Waals surface area contributed by atoms with E-state index in [0.29, 0.717) is 23.4 Å². The van der Waals surface area contributed by atoms with Crippen LogP contribution >= 0.6 is 0 Å². The van der Waals surface area contributed by atoms with Crippen molar-refractivity contribution in [2.45, 2.75) is 44.4 Å². The van der Waals surface area contributed by atoms with E-state index in [9.17, 15) is 19.7 Å². The number of nitro benzene ring substituents is 1. The molecule has 48 heavy (non-hydrogen) atoms. The van der Waals surface area contributed by atoms with Crippen LogP contribution < -0.4 is 0 Å². The van der Waals surface area contributed by atoms with Crippen LogP contribution in [0.3, 0.4) is 0 Å². The average molecular weight is 654 g/mol. The molecule has 2 unspecified atom stereocenters. The van der Waals surface area contributed by atoms with Gasteiger partial charge in [0.05, 0.1) is 23.7 Å². The van der Waals surface area contributed by atoms with Gasteiger partial charge in [-0.2, -0.15) is 0 Å². The Hall–Kier alpha value is -4.67. The zero-order chi connectivity index (χ0) is 34.1. The minimum absolute atomic E-state index is 0.0254. The molecule has 2 atom stereocenters. The molecule has 10 nitrogen and oxygen atoms in total. The van der Waals surface area contributed by atoms with E-state index in [4.69, 9.17) is 14.2 Å². The number of methoxy groups -OCH3 is 1. The lowest BCUT2D eigenvalue weighted by Gasteiger charge is -2.43. The summed E-state index contributed by atoms with van der Waals surface area (Å²) >= 11 is 0. The SMILES string of the molecule is COCCOC(=O)C1C(C)=NC(C)=C(C(=O)OCCCN2CCC(c3ccccc3)(c3ccccc3)CC2)C1c1cccc([N+](=O)[O-])c1. The van der Waals surface area contributed by atoms with E-state index in [2.05, 4.69) is 70.6 Å². The number of ether oxygens (including phenoxy) is 3. The van der Waals surface area contributed by atoms with Crippen LogP contribution in [0, 0.1) is 16.0 Å². The number of carbonyl (C=O) groups excluding carboxylic acids is 2. The Morgan fingerprint density at radius 1 is 0.896 bits per heavy atom. The molecule has 0 N–H and O–H groups in total. The van der Waals surface area contributed by atoms with E-state index < -0.39 is 28.7 Å². The highest BCUT2D eigenvalue weighted by atomic mass is 16.6. The first-order valence-corrected chi connectivity index (χ1v) is 16.4. The molecule has 2 aliphatic heterocycles. The van der Waals surface area contributed by atoms with Crippen LogP contribution in [-0.2, 0) is 29.2 Å². The number of piperidine rings is 1. The number of hydrogen-bond acceptors (Lipinski definition) is 9. The van der Waals surface area contributed by atoms with Crippen LogP contribution in [0.5, 0.6) is 0 Å². The molecule has 0 radical (unpaired) electrons. The molecule has 0 saturated carbocycles. The number of non-ortho nitro benzene ring substituents is 1. The number of hydrogen-bond donors (Lipinski definition) is 0. The van der Waals surface area contributed by atoms with Gasteiger partial charge in [0.15, 0.2) is 0 Å². The fraction of sp³-hybridized carbons (Fsp3) is 0.395. The van der Waals surface area contributed by atoms with Crippen molar-refractivity contribution in [1.82, 2.24) is 4.90 Å². The highest BCUT2D eigenvalue weighted by Gasteiger charge is 2.43. The summed E-state index contributed by atoms with van der Waals surface area (Å²) in [6.07, 6.45) is 2.60. The molecule has 0 amide bonds. The van der Waals surface area contributed by atoms with Crippen molar-refractivity contribution in [1.29, 1.82) is 0 Å². The zero-order valence-corrected chi connectivity index (χ0v) is 27.8. The van der Waals surface area contributed by atoms with E-state index in [1.165, 1.54) is 30.4 Å². The maximum Gasteiger partial charge on any atom is 0.336 e. The zero-order valence-electron chi connectivity index (χ0n) is 27.8. The largest absolute Gasteiger partial charge is 0.463 e. The molecule has 10 heteroatoms. The van der Waals surface area contributed by atoms with Gasteiger partial charge in [0.25, 0.3) is 5.69 Å². The van der Waals surface area contributed by atoms with Crippen molar-refractivity contribution in [2.75, 3.05) is 46.6 Å². The van der Waals surface area contributed by atoms with Gasteiger partial charge in [0.1, 0.15) is 12.5 Å². The molecular weight excluding hydrogens is 610 g/mol. The monoisotopic (exact) mass is 653 g/mol. The predicted molar refractivity (Wildman–Crippen MR) is 183 cm³/mol. The van der Waals surface area contributed by atoms with Gasteiger partial charge in [-0.25, -0.2) is 4.79 Å². The number of esters is 2. The first kappa shape index (κ1) is 34.7. The minimum Gasteiger partial charge on any atom is -0.463 e. The van der Waals surface area contributed by atoms with Crippen molar-refractivity contribution in [3.8, 4) is 0 Å². The fourth-order valence-electron chi connectivity index (χ4n) is 7.06. The number of aliphatic imine (C=N–C) groups is 1. The molecule has 2 aliphatic rings. The van der Waals surface area contributed by atoms with Gasteiger partial charge >= 0.3 is 11.9 Å². The summed E-state index contributed by atoms with van der Waals surface area (Å²) in [5.74, 6) is -3.01. The van der Waals surface area contributed by atoms with Crippen LogP contribution in [0.15, 0.2) is 101 Å². The maximum atomic E-state index is 13.7. The molecule has 3 aromatic rings. The predicted octanol–water partition coefficient (Wildman–Crippen LogP) is 6.25. The Bertz CT molecular complexity index is 1610. The second-order valence-corrected chi connectivity index (χ2v) is 12.4. The number of nitrogens with zero attached hydrogens (tertiary/aromatic N) is 3. The van der Waals surface area contributed by atoms with Gasteiger partial charge in [0, 0.05) is 48.5 Å². The van der Waals surface area contributed by atoms with Crippen molar-refractivity contribution < 1.29 is 28.7 Å². The lowest BCUT2D eigenvalue weighted by molar-refractivity contribution is -0.384. The summed E-state index contributed by atoms with van der Waals surface area (Å²) in [6, 6.07) is 27.4. The van der Waals surface area contributed by atoms with Gasteiger partial charge in [-0.05, 0) is 62.9 Å². The molecule has 3 aromatic carbocycles. The number of benzene rings is 3. The highest BCUT2D eigenvalue weighted by molar-refractivity contribution is 6.07. The molecular formula is C38H43N3O7. The van der Waals surface area contributed by atoms with E-state index >= 15 is 0 Å². The molecule has 5 rings (SSSR count). The quantitative estimate of drug-likeness (QED) is 0.0919. The number of nitro groups is 1. The Morgan fingerprint density at radius 2 is 1.54 bits per heavy atom. The first-order chi connectivity index (χ1) is 23.2. The van der Waals surface area contributed by atoms with Gasteiger partial charge in [-0.15, -0.1) is 0 Å². The minimum atomic E-state index is -0.960. The van der Waals surface area contributed by atoms with Gasteiger partial charge in [-0.3, -0.25) is 19.9 Å². The van der Waals surface area contributed by atoms with Crippen LogP contribution in [0.4, 0.5) is 5.69 Å². The number of rotatable bonds is 13. The first-order valence-electron chi connectivity index (χ1n) is 16.4. The molecule has 2 heterocycles. The van der Waals surface area contributed by atoms with E-state index in [-0.39, 0.29) is 36.5 Å². The van der Waals surface area contributed by atoms with Crippen LogP contribution in [0.2, 0.25) is 0 Å². The second-order valence-electron chi connectivity index (χ2n) is 12.4. The fourth-order valence-corrected chi connectivity index (χ4v) is 7.06. The van der Waals surface area contributed by atoms with Crippen molar-refractivity contribution in [3.05, 3.63) is 123 Å². The standard InChI is InChI=1S/C38H43N3O7/c1-27-33(35(29-12-10-17-32(26-29)41(44)45)34(28(2)39-27)37(43)48-25-24-46-3)36(42)47-23-11-20-40-21-18-38(19-22-40,30-13-6-4-7-14-30)31-15-8-5-9-16-31/h4-10,12-17,26,34-35H,11,18-25H2,1-3H3. The van der Waals surface area contributed by atoms with Gasteiger partial charge < -0.3 is 19.1 Å². The third-order valence-electron chi connectivity index (χ3n) is 9.49. The summed E-state index contributed by atoms with van der Waals surface area (Å²) in [7, 11) is 1.50. The summed E-state index contributed by atoms with van der Waals surface area (Å²) < 4.78 is 16.3. The lowest BCUT2D eigenvalue weighted by Crippen LogP contribution is -2.43. The number of carbonyl (C=O) groups is 2. The molecule has 0 aromatic heterocycles. The summed E-state index contributed by atoms with van der Waals surface area (Å²) in [6.45, 7) is 6.40. The topological polar surface area (TPSA) is 121 Å². The molecule has 0 aliphatic carbocycles. The van der Waals surface area contributed by atoms with Crippen LogP contribution in [0.1, 0.15) is 55.7 Å². The van der Waals surface area contributed by atoms with E-state index in [0.717, 1.165) is 32.5 Å². The smallest absolute Gasteiger partial charge is 0.336 e. The number of allylic oxidation sites excluding steroid dienone is 1. The molecule has 0 bridgehead atoms. The van der Waals surface area contributed by atoms with Crippen molar-refractivity contribution >= 4 is 23.3 Å². The Morgan fingerprint density at radius 3 is 2.15 bits per heavy atom. The van der Waals surface area contributed by atoms with Gasteiger partial charge in [-0.1, -0.05) is 72.8 Å². The average Bonchev–Trinajstić information content (AvgIpc) is 3.11. The summed E-state index contributed by atoms with van der Waals surface area (Å²) in [5, 5.41) is 11.6. The third kappa shape index (κ3) is 7.72. The third-order valence-corrected chi connectivity index (χ3v) is 9.49. The van der Waals surface area contributed by atoms with E-state index in [1.807, 2.05) is 0 Å². The lowest BCUT2D eigenvalue weighted by atomic mass is 9.68. The van der Waals surface area contributed by atoms with E-state index in [1.54, 1.807) is 26.0 Å². The molecule has 1 saturated heterocycles. The van der Waals surface area contributed by atoms with Crippen LogP contribution in [-0.4, -0.2) is 74.0 Å². The number of likely N-dealkylation sites (tertiary alicyclic amines) is 1. The van der Waals surface area contributed by atoms with Gasteiger partial charge in [0.2, 0.25) is 0 Å². The second kappa shape index (κ2) is 16.0. The maximum absolute atomic E-state index is 13.7. The van der Waals surface area contributed by atoms with Crippen molar-refractivity contribution in [2.24, 2.45) is 10.9 Å². The Kier molecular flexibility index (Phi) is 11.5. The molecule has 0 spiro atoms. The molecule has 1 fully saturated rings. The Labute approximate surface area is 281 Å². The Balaban J connectivity index is 1.26. The normalized spacial score (nSPS) is 19.4. The summed E-state index contributed by atoms with van der Waals surface area (Å²) in [5.41, 5.74) is 3.97. The highest BCUT2D eigenvalue weighted by Crippen LogP contribution is 2.42. The van der Waals surface area contributed by atoms with Crippen LogP contribution in [0.25, 0.3) is 0 Å². The van der Waals surface area contributed by atoms with Crippen molar-refractivity contribution in [3.63, 3.8) is 0 Å².